The Morgan fingerprint density at radius 3 is 2.30 bits per heavy atom. The van der Waals surface area contributed by atoms with Crippen LogP contribution in [0.4, 0.5) is 13.2 Å². The van der Waals surface area contributed by atoms with E-state index in [1.807, 2.05) is 20.8 Å². The molecule has 2 rings (SSSR count). The molecule has 0 bridgehead atoms. The van der Waals surface area contributed by atoms with Crippen molar-refractivity contribution in [2.24, 2.45) is 5.41 Å². The van der Waals surface area contributed by atoms with Gasteiger partial charge in [-0.3, -0.25) is 9.59 Å². The van der Waals surface area contributed by atoms with Crippen molar-refractivity contribution in [2.75, 3.05) is 26.7 Å². The predicted molar refractivity (Wildman–Crippen MR) is 123 cm³/mol. The Bertz CT molecular complexity index is 790. The molecule has 1 aromatic rings. The number of rotatable bonds is 8. The van der Waals surface area contributed by atoms with Crippen LogP contribution in [0.2, 0.25) is 0 Å². The van der Waals surface area contributed by atoms with E-state index in [1.54, 1.807) is 14.0 Å². The number of benzene rings is 1. The minimum absolute atomic E-state index is 0.0395. The summed E-state index contributed by atoms with van der Waals surface area (Å²) in [6, 6.07) is 4.17. The minimum atomic E-state index is -4.33. The minimum Gasteiger partial charge on any atom is -0.350 e. The maximum Gasteiger partial charge on any atom is 0.416 e. The van der Waals surface area contributed by atoms with E-state index >= 15 is 0 Å². The highest BCUT2D eigenvalue weighted by molar-refractivity contribution is 5.90. The first-order valence-corrected chi connectivity index (χ1v) is 11.5. The van der Waals surface area contributed by atoms with E-state index in [0.717, 1.165) is 37.1 Å². The average Bonchev–Trinajstić information content (AvgIpc) is 2.74. The number of likely N-dealkylation sites (tertiary alicyclic amines) is 1. The average molecular weight is 471 g/mol. The Labute approximate surface area is 194 Å². The molecule has 6 nitrogen and oxygen atoms in total. The van der Waals surface area contributed by atoms with Gasteiger partial charge in [-0.05, 0) is 62.9 Å². The van der Waals surface area contributed by atoms with Gasteiger partial charge in [-0.25, -0.2) is 0 Å². The summed E-state index contributed by atoms with van der Waals surface area (Å²) in [4.78, 5) is 27.6. The Morgan fingerprint density at radius 2 is 1.76 bits per heavy atom. The summed E-state index contributed by atoms with van der Waals surface area (Å²) in [7, 11) is 1.69. The molecular formula is C24H37F3N4O2. The zero-order chi connectivity index (χ0) is 24.8. The summed E-state index contributed by atoms with van der Waals surface area (Å²) in [6.07, 6.45) is -1.92. The molecule has 1 saturated heterocycles. The predicted octanol–water partition coefficient (Wildman–Crippen LogP) is 2.97. The standard InChI is InChI=1S/C24H37F3N4O2/c1-16(28-5)21(32)30-20(23(2,3)4)22(33)29-19-7-6-13-31(15-19)14-12-17-8-10-18(11-9-17)24(25,26)27/h8-11,16,19-20,28H,6-7,12-15H2,1-5H3,(H,29,33)(H,30,32)/t16-,19-,20+/m0/s1. The lowest BCUT2D eigenvalue weighted by Gasteiger charge is -2.36. The second-order valence-corrected chi connectivity index (χ2v) is 9.91. The first-order chi connectivity index (χ1) is 15.3. The third-order valence-electron chi connectivity index (χ3n) is 6.09. The van der Waals surface area contributed by atoms with Gasteiger partial charge in [0.25, 0.3) is 0 Å². The highest BCUT2D eigenvalue weighted by atomic mass is 19.4. The van der Waals surface area contributed by atoms with Crippen molar-refractivity contribution in [1.82, 2.24) is 20.9 Å². The molecule has 3 N–H and O–H groups in total. The van der Waals surface area contributed by atoms with Gasteiger partial charge >= 0.3 is 6.18 Å². The number of piperidine rings is 1. The van der Waals surface area contributed by atoms with Crippen LogP contribution in [0.15, 0.2) is 24.3 Å². The van der Waals surface area contributed by atoms with Crippen LogP contribution in [0.25, 0.3) is 0 Å². The van der Waals surface area contributed by atoms with Crippen molar-refractivity contribution in [2.45, 2.75) is 71.3 Å². The van der Waals surface area contributed by atoms with E-state index in [9.17, 15) is 22.8 Å². The van der Waals surface area contributed by atoms with E-state index in [-0.39, 0.29) is 17.9 Å². The summed E-state index contributed by atoms with van der Waals surface area (Å²) in [5.41, 5.74) is -0.246. The monoisotopic (exact) mass is 470 g/mol. The van der Waals surface area contributed by atoms with Crippen LogP contribution in [0.1, 0.15) is 51.7 Å². The lowest BCUT2D eigenvalue weighted by atomic mass is 9.85. The van der Waals surface area contributed by atoms with Crippen molar-refractivity contribution in [3.8, 4) is 0 Å². The number of halogens is 3. The van der Waals surface area contributed by atoms with Crippen molar-refractivity contribution in [1.29, 1.82) is 0 Å². The molecule has 9 heteroatoms. The summed E-state index contributed by atoms with van der Waals surface area (Å²) in [6.45, 7) is 9.74. The van der Waals surface area contributed by atoms with Crippen molar-refractivity contribution in [3.63, 3.8) is 0 Å². The first kappa shape index (κ1) is 27.1. The Morgan fingerprint density at radius 1 is 1.12 bits per heavy atom. The molecule has 1 aliphatic rings. The summed E-state index contributed by atoms with van der Waals surface area (Å²) in [5.74, 6) is -0.428. The van der Waals surface area contributed by atoms with Crippen LogP contribution in [-0.4, -0.2) is 61.5 Å². The fourth-order valence-corrected chi connectivity index (χ4v) is 3.88. The highest BCUT2D eigenvalue weighted by Gasteiger charge is 2.35. The topological polar surface area (TPSA) is 73.5 Å². The largest absolute Gasteiger partial charge is 0.416 e. The Balaban J connectivity index is 1.91. The number of carbonyl (C=O) groups is 2. The number of carbonyl (C=O) groups excluding carboxylic acids is 2. The normalized spacial score (nSPS) is 19.6. The molecule has 186 valence electrons. The lowest BCUT2D eigenvalue weighted by Crippen LogP contribution is -2.59. The quantitative estimate of drug-likeness (QED) is 0.546. The van der Waals surface area contributed by atoms with E-state index in [4.69, 9.17) is 0 Å². The molecule has 2 amide bonds. The van der Waals surface area contributed by atoms with Crippen LogP contribution in [0, 0.1) is 5.41 Å². The van der Waals surface area contributed by atoms with Gasteiger partial charge in [0.2, 0.25) is 11.8 Å². The molecular weight excluding hydrogens is 433 g/mol. The number of alkyl halides is 3. The van der Waals surface area contributed by atoms with Crippen LogP contribution in [-0.2, 0) is 22.2 Å². The van der Waals surface area contributed by atoms with Gasteiger partial charge < -0.3 is 20.9 Å². The molecule has 0 spiro atoms. The van der Waals surface area contributed by atoms with Gasteiger partial charge in [-0.15, -0.1) is 0 Å². The zero-order valence-corrected chi connectivity index (χ0v) is 20.2. The smallest absolute Gasteiger partial charge is 0.350 e. The molecule has 3 atom stereocenters. The first-order valence-electron chi connectivity index (χ1n) is 11.5. The van der Waals surface area contributed by atoms with Gasteiger partial charge in [0.05, 0.1) is 11.6 Å². The maximum atomic E-state index is 13.0. The molecule has 0 unspecified atom stereocenters. The van der Waals surface area contributed by atoms with Gasteiger partial charge in [-0.1, -0.05) is 32.9 Å². The molecule has 0 saturated carbocycles. The number of hydrogen-bond donors (Lipinski definition) is 3. The van der Waals surface area contributed by atoms with Crippen molar-refractivity contribution < 1.29 is 22.8 Å². The van der Waals surface area contributed by atoms with E-state index < -0.39 is 29.2 Å². The molecule has 1 heterocycles. The van der Waals surface area contributed by atoms with Crippen LogP contribution >= 0.6 is 0 Å². The van der Waals surface area contributed by atoms with Crippen LogP contribution < -0.4 is 16.0 Å². The SMILES string of the molecule is CN[C@@H](C)C(=O)N[C@H](C(=O)N[C@H]1CCCN(CCc2ccc(C(F)(F)F)cc2)C1)C(C)(C)C. The van der Waals surface area contributed by atoms with Crippen LogP contribution in [0.3, 0.4) is 0 Å². The molecule has 0 radical (unpaired) electrons. The fraction of sp³-hybridized carbons (Fsp3) is 0.667. The van der Waals surface area contributed by atoms with Gasteiger partial charge in [0.1, 0.15) is 6.04 Å². The van der Waals surface area contributed by atoms with E-state index in [1.165, 1.54) is 12.1 Å². The van der Waals surface area contributed by atoms with Crippen molar-refractivity contribution >= 4 is 11.8 Å². The molecule has 33 heavy (non-hydrogen) atoms. The number of amides is 2. The number of nitrogens with one attached hydrogen (secondary N) is 3. The highest BCUT2D eigenvalue weighted by Crippen LogP contribution is 2.29. The van der Waals surface area contributed by atoms with E-state index in [2.05, 4.69) is 20.9 Å². The molecule has 0 aromatic heterocycles. The fourth-order valence-electron chi connectivity index (χ4n) is 3.88. The summed E-state index contributed by atoms with van der Waals surface area (Å²) >= 11 is 0. The Hall–Kier alpha value is -2.13. The van der Waals surface area contributed by atoms with E-state index in [0.29, 0.717) is 19.5 Å². The maximum absolute atomic E-state index is 13.0. The van der Waals surface area contributed by atoms with Crippen LogP contribution in [0.5, 0.6) is 0 Å². The lowest BCUT2D eigenvalue weighted by molar-refractivity contribution is -0.137. The summed E-state index contributed by atoms with van der Waals surface area (Å²) in [5, 5.41) is 8.84. The van der Waals surface area contributed by atoms with Gasteiger partial charge in [0, 0.05) is 19.1 Å². The number of likely N-dealkylation sites (N-methyl/N-ethyl adjacent to an activating group) is 1. The summed E-state index contributed by atoms with van der Waals surface area (Å²) < 4.78 is 38.2. The van der Waals surface area contributed by atoms with Gasteiger partial charge in [0.15, 0.2) is 0 Å². The molecule has 1 fully saturated rings. The second kappa shape index (κ2) is 11.3. The van der Waals surface area contributed by atoms with Crippen molar-refractivity contribution in [3.05, 3.63) is 35.4 Å². The zero-order valence-electron chi connectivity index (χ0n) is 20.2. The third-order valence-corrected chi connectivity index (χ3v) is 6.09. The molecule has 1 aliphatic heterocycles. The second-order valence-electron chi connectivity index (χ2n) is 9.91. The number of nitrogens with zero attached hydrogens (tertiary/aromatic N) is 1. The Kier molecular flexibility index (Phi) is 9.31. The van der Waals surface area contributed by atoms with Gasteiger partial charge in [-0.2, -0.15) is 13.2 Å². The molecule has 0 aliphatic carbocycles. The number of hydrogen-bond acceptors (Lipinski definition) is 4. The molecule has 1 aromatic carbocycles. The third kappa shape index (κ3) is 8.30.